The maximum atomic E-state index is 11.9. The first kappa shape index (κ1) is 19.1. The number of aromatic nitrogens is 1. The third-order valence-corrected chi connectivity index (χ3v) is 3.49. The second kappa shape index (κ2) is 9.93. The highest BCUT2D eigenvalue weighted by molar-refractivity contribution is 5.92. The molecule has 0 bridgehead atoms. The smallest absolute Gasteiger partial charge is 0.269 e. The summed E-state index contributed by atoms with van der Waals surface area (Å²) in [5.74, 6) is 0.488. The normalized spacial score (nSPS) is 9.65. The standard InChI is InChI=1S/C15H16N2O2.C6H5F/c1-3-16-15(18)14-9-6-12(10-17-14)11-4-7-13(19-2)8-5-11;7-6-4-2-1-3-5-6/h4-10H,3H2,1-2H3,(H,16,18);1-5H. The van der Waals surface area contributed by atoms with Gasteiger partial charge in [-0.3, -0.25) is 9.78 Å². The van der Waals surface area contributed by atoms with Crippen molar-refractivity contribution >= 4 is 5.91 Å². The third kappa shape index (κ3) is 5.70. The summed E-state index contributed by atoms with van der Waals surface area (Å²) in [6.45, 7) is 2.48. The number of hydrogen-bond donors (Lipinski definition) is 1. The fourth-order valence-corrected chi connectivity index (χ4v) is 2.15. The van der Waals surface area contributed by atoms with Crippen molar-refractivity contribution in [2.24, 2.45) is 0 Å². The van der Waals surface area contributed by atoms with E-state index in [1.165, 1.54) is 12.1 Å². The maximum absolute atomic E-state index is 11.9. The van der Waals surface area contributed by atoms with Gasteiger partial charge in [0.1, 0.15) is 17.3 Å². The minimum atomic E-state index is -0.178. The quantitative estimate of drug-likeness (QED) is 0.760. The Labute approximate surface area is 152 Å². The molecule has 3 rings (SSSR count). The number of hydrogen-bond acceptors (Lipinski definition) is 3. The number of nitrogens with one attached hydrogen (secondary N) is 1. The highest BCUT2D eigenvalue weighted by Gasteiger charge is 2.06. The summed E-state index contributed by atoms with van der Waals surface area (Å²) < 4.78 is 17.0. The van der Waals surface area contributed by atoms with Gasteiger partial charge < -0.3 is 10.1 Å². The van der Waals surface area contributed by atoms with Gasteiger partial charge in [-0.1, -0.05) is 36.4 Å². The molecule has 0 saturated carbocycles. The predicted octanol–water partition coefficient (Wildman–Crippen LogP) is 4.33. The molecular formula is C21H21FN2O2. The lowest BCUT2D eigenvalue weighted by molar-refractivity contribution is 0.0951. The number of ether oxygens (including phenoxy) is 1. The van der Waals surface area contributed by atoms with Crippen LogP contribution in [-0.2, 0) is 0 Å². The van der Waals surface area contributed by atoms with Crippen LogP contribution in [0.4, 0.5) is 4.39 Å². The van der Waals surface area contributed by atoms with Crippen LogP contribution in [-0.4, -0.2) is 24.5 Å². The van der Waals surface area contributed by atoms with E-state index in [0.717, 1.165) is 16.9 Å². The van der Waals surface area contributed by atoms with E-state index in [1.807, 2.05) is 37.3 Å². The molecule has 0 saturated heterocycles. The summed E-state index contributed by atoms with van der Waals surface area (Å²) in [4.78, 5) is 15.8. The second-order valence-electron chi connectivity index (χ2n) is 5.32. The van der Waals surface area contributed by atoms with Gasteiger partial charge in [-0.2, -0.15) is 0 Å². The maximum Gasteiger partial charge on any atom is 0.269 e. The minimum absolute atomic E-state index is 0.149. The molecule has 0 aliphatic rings. The van der Waals surface area contributed by atoms with E-state index >= 15 is 0 Å². The third-order valence-electron chi connectivity index (χ3n) is 3.49. The number of rotatable bonds is 4. The van der Waals surface area contributed by atoms with Crippen molar-refractivity contribution in [2.45, 2.75) is 6.92 Å². The molecule has 4 nitrogen and oxygen atoms in total. The lowest BCUT2D eigenvalue weighted by atomic mass is 10.1. The molecule has 2 aromatic carbocycles. The number of carbonyl (C=O) groups excluding carboxylic acids is 1. The molecule has 5 heteroatoms. The Kier molecular flexibility index (Phi) is 7.31. The molecule has 0 unspecified atom stereocenters. The van der Waals surface area contributed by atoms with Crippen LogP contribution in [0.15, 0.2) is 72.9 Å². The van der Waals surface area contributed by atoms with Crippen LogP contribution >= 0.6 is 0 Å². The van der Waals surface area contributed by atoms with Gasteiger partial charge in [0.05, 0.1) is 7.11 Å². The van der Waals surface area contributed by atoms with E-state index < -0.39 is 0 Å². The molecule has 0 aliphatic carbocycles. The average molecular weight is 352 g/mol. The molecule has 0 fully saturated rings. The second-order valence-corrected chi connectivity index (χ2v) is 5.32. The van der Waals surface area contributed by atoms with Crippen molar-refractivity contribution in [3.63, 3.8) is 0 Å². The van der Waals surface area contributed by atoms with Gasteiger partial charge in [-0.05, 0) is 42.8 Å². The van der Waals surface area contributed by atoms with Crippen molar-refractivity contribution in [2.75, 3.05) is 13.7 Å². The lowest BCUT2D eigenvalue weighted by Gasteiger charge is -2.05. The summed E-state index contributed by atoms with van der Waals surface area (Å²) in [5.41, 5.74) is 2.44. The van der Waals surface area contributed by atoms with Crippen molar-refractivity contribution in [3.05, 3.63) is 84.4 Å². The molecule has 0 atom stereocenters. The van der Waals surface area contributed by atoms with E-state index in [9.17, 15) is 9.18 Å². The zero-order valence-electron chi connectivity index (χ0n) is 14.8. The fourth-order valence-electron chi connectivity index (χ4n) is 2.15. The summed E-state index contributed by atoms with van der Waals surface area (Å²) in [7, 11) is 1.64. The van der Waals surface area contributed by atoms with Gasteiger partial charge in [0.25, 0.3) is 5.91 Å². The zero-order valence-corrected chi connectivity index (χ0v) is 14.8. The Hall–Kier alpha value is -3.21. The molecular weight excluding hydrogens is 331 g/mol. The number of halogens is 1. The largest absolute Gasteiger partial charge is 0.497 e. The van der Waals surface area contributed by atoms with Crippen LogP contribution in [0.3, 0.4) is 0 Å². The minimum Gasteiger partial charge on any atom is -0.497 e. The van der Waals surface area contributed by atoms with E-state index in [-0.39, 0.29) is 11.7 Å². The topological polar surface area (TPSA) is 51.2 Å². The molecule has 3 aromatic rings. The van der Waals surface area contributed by atoms with Gasteiger partial charge in [0, 0.05) is 18.3 Å². The number of methoxy groups -OCH3 is 1. The molecule has 134 valence electrons. The summed E-state index contributed by atoms with van der Waals surface area (Å²) in [6.07, 6.45) is 1.70. The van der Waals surface area contributed by atoms with Crippen LogP contribution < -0.4 is 10.1 Å². The fraction of sp³-hybridized carbons (Fsp3) is 0.143. The van der Waals surface area contributed by atoms with Crippen LogP contribution in [0, 0.1) is 5.82 Å². The number of amides is 1. The molecule has 0 spiro atoms. The van der Waals surface area contributed by atoms with Gasteiger partial charge in [-0.25, -0.2) is 4.39 Å². The number of carbonyl (C=O) groups is 1. The summed E-state index contributed by atoms with van der Waals surface area (Å²) in [5, 5.41) is 2.72. The average Bonchev–Trinajstić information content (AvgIpc) is 2.69. The predicted molar refractivity (Wildman–Crippen MR) is 101 cm³/mol. The molecule has 0 aliphatic heterocycles. The van der Waals surface area contributed by atoms with E-state index in [4.69, 9.17) is 4.74 Å². The molecule has 0 radical (unpaired) electrons. The molecule has 1 amide bonds. The van der Waals surface area contributed by atoms with E-state index in [1.54, 1.807) is 37.6 Å². The van der Waals surface area contributed by atoms with Crippen molar-refractivity contribution in [1.29, 1.82) is 0 Å². The Morgan fingerprint density at radius 1 is 1.00 bits per heavy atom. The zero-order chi connectivity index (χ0) is 18.8. The molecule has 1 N–H and O–H groups in total. The highest BCUT2D eigenvalue weighted by Crippen LogP contribution is 2.21. The van der Waals surface area contributed by atoms with Gasteiger partial charge in [-0.15, -0.1) is 0 Å². The van der Waals surface area contributed by atoms with E-state index in [2.05, 4.69) is 10.3 Å². The van der Waals surface area contributed by atoms with Crippen LogP contribution in [0.25, 0.3) is 11.1 Å². The van der Waals surface area contributed by atoms with E-state index in [0.29, 0.717) is 12.2 Å². The Bertz CT molecular complexity index is 804. The summed E-state index contributed by atoms with van der Waals surface area (Å²) >= 11 is 0. The summed E-state index contributed by atoms with van der Waals surface area (Å²) in [6, 6.07) is 19.3. The molecule has 1 aromatic heterocycles. The van der Waals surface area contributed by atoms with Crippen LogP contribution in [0.2, 0.25) is 0 Å². The van der Waals surface area contributed by atoms with Crippen molar-refractivity contribution in [1.82, 2.24) is 10.3 Å². The molecule has 1 heterocycles. The Morgan fingerprint density at radius 2 is 1.65 bits per heavy atom. The van der Waals surface area contributed by atoms with Crippen molar-refractivity contribution in [3.8, 4) is 16.9 Å². The number of nitrogens with zero attached hydrogens (tertiary/aromatic N) is 1. The SMILES string of the molecule is CCNC(=O)c1ccc(-c2ccc(OC)cc2)cn1.Fc1ccccc1. The highest BCUT2D eigenvalue weighted by atomic mass is 19.1. The van der Waals surface area contributed by atoms with Gasteiger partial charge in [0.2, 0.25) is 0 Å². The van der Waals surface area contributed by atoms with Gasteiger partial charge in [0.15, 0.2) is 0 Å². The first-order valence-electron chi connectivity index (χ1n) is 8.23. The Balaban J connectivity index is 0.000000290. The van der Waals surface area contributed by atoms with Gasteiger partial charge >= 0.3 is 0 Å². The number of pyridine rings is 1. The van der Waals surface area contributed by atoms with Crippen molar-refractivity contribution < 1.29 is 13.9 Å². The number of benzene rings is 2. The first-order chi connectivity index (χ1) is 12.6. The Morgan fingerprint density at radius 3 is 2.12 bits per heavy atom. The van der Waals surface area contributed by atoms with Crippen LogP contribution in [0.5, 0.6) is 5.75 Å². The molecule has 26 heavy (non-hydrogen) atoms. The van der Waals surface area contributed by atoms with Crippen LogP contribution in [0.1, 0.15) is 17.4 Å². The first-order valence-corrected chi connectivity index (χ1v) is 8.23. The lowest BCUT2D eigenvalue weighted by Crippen LogP contribution is -2.23. The monoisotopic (exact) mass is 352 g/mol.